The summed E-state index contributed by atoms with van der Waals surface area (Å²) in [5.74, 6) is 0.384. The van der Waals surface area contributed by atoms with Crippen LogP contribution < -0.4 is 14.8 Å². The zero-order valence-electron chi connectivity index (χ0n) is 21.4. The van der Waals surface area contributed by atoms with Gasteiger partial charge in [0.15, 0.2) is 0 Å². The summed E-state index contributed by atoms with van der Waals surface area (Å²) in [6.45, 7) is 1.99. The minimum absolute atomic E-state index is 0.0483. The lowest BCUT2D eigenvalue weighted by Gasteiger charge is -2.13. The van der Waals surface area contributed by atoms with E-state index in [-0.39, 0.29) is 17.1 Å². The molecule has 0 saturated heterocycles. The summed E-state index contributed by atoms with van der Waals surface area (Å²) in [4.78, 5) is 28.4. The van der Waals surface area contributed by atoms with Crippen molar-refractivity contribution in [1.29, 1.82) is 5.26 Å². The number of nitrogens with one attached hydrogen (secondary N) is 1. The fraction of sp³-hybridized carbons (Fsp3) is 0.138. The van der Waals surface area contributed by atoms with E-state index in [0.29, 0.717) is 33.3 Å². The number of nitro benzene ring substituents is 1. The van der Waals surface area contributed by atoms with Gasteiger partial charge < -0.3 is 14.8 Å². The number of benzene rings is 3. The molecule has 10 heteroatoms. The Kier molecular flexibility index (Phi) is 8.43. The van der Waals surface area contributed by atoms with Crippen LogP contribution in [-0.2, 0) is 4.79 Å². The first-order chi connectivity index (χ1) is 18.8. The van der Waals surface area contributed by atoms with E-state index in [4.69, 9.17) is 14.5 Å². The molecule has 0 bridgehead atoms. The maximum Gasteiger partial charge on any atom is 0.296 e. The number of pyridine rings is 1. The number of methoxy groups -OCH3 is 2. The quantitative estimate of drug-likeness (QED) is 0.150. The topological polar surface area (TPSA) is 127 Å². The molecule has 39 heavy (non-hydrogen) atoms. The Labute approximate surface area is 229 Å². The third-order valence-electron chi connectivity index (χ3n) is 5.86. The summed E-state index contributed by atoms with van der Waals surface area (Å²) in [5, 5.41) is 24.5. The lowest BCUT2D eigenvalue weighted by Crippen LogP contribution is -2.15. The normalized spacial score (nSPS) is 10.4. The fourth-order valence-electron chi connectivity index (χ4n) is 3.82. The number of hydrogen-bond acceptors (Lipinski definition) is 8. The van der Waals surface area contributed by atoms with Crippen LogP contribution in [0.25, 0.3) is 22.4 Å². The van der Waals surface area contributed by atoms with Crippen molar-refractivity contribution in [1.82, 2.24) is 4.98 Å². The highest BCUT2D eigenvalue weighted by atomic mass is 32.2. The van der Waals surface area contributed by atoms with Gasteiger partial charge in [0.05, 0.1) is 42.2 Å². The second-order valence-corrected chi connectivity index (χ2v) is 9.38. The third-order valence-corrected chi connectivity index (χ3v) is 6.84. The molecule has 196 valence electrons. The zero-order valence-corrected chi connectivity index (χ0v) is 22.2. The van der Waals surface area contributed by atoms with Gasteiger partial charge in [0, 0.05) is 11.1 Å². The minimum Gasteiger partial charge on any atom is -0.497 e. The first-order valence-corrected chi connectivity index (χ1v) is 12.7. The predicted octanol–water partition coefficient (Wildman–Crippen LogP) is 6.25. The number of amides is 1. The van der Waals surface area contributed by atoms with E-state index in [0.717, 1.165) is 28.5 Å². The van der Waals surface area contributed by atoms with Crippen LogP contribution in [0.3, 0.4) is 0 Å². The van der Waals surface area contributed by atoms with Gasteiger partial charge in [0.1, 0.15) is 28.3 Å². The first-order valence-electron chi connectivity index (χ1n) is 11.7. The number of thioether (sulfide) groups is 1. The summed E-state index contributed by atoms with van der Waals surface area (Å²) in [7, 11) is 2.98. The first kappa shape index (κ1) is 27.2. The lowest BCUT2D eigenvalue weighted by atomic mass is 9.99. The number of hydrogen-bond donors (Lipinski definition) is 1. The molecule has 9 nitrogen and oxygen atoms in total. The van der Waals surface area contributed by atoms with Crippen LogP contribution in [0.1, 0.15) is 11.1 Å². The van der Waals surface area contributed by atoms with E-state index in [9.17, 15) is 20.2 Å². The van der Waals surface area contributed by atoms with Gasteiger partial charge in [0.2, 0.25) is 5.91 Å². The van der Waals surface area contributed by atoms with Crippen molar-refractivity contribution in [3.05, 3.63) is 94.0 Å². The number of nitrogens with zero attached hydrogens (tertiary/aromatic N) is 3. The van der Waals surface area contributed by atoms with Crippen LogP contribution in [0.15, 0.2) is 77.8 Å². The van der Waals surface area contributed by atoms with Crippen LogP contribution in [0, 0.1) is 28.4 Å². The summed E-state index contributed by atoms with van der Waals surface area (Å²) in [5.41, 5.74) is 4.15. The number of ether oxygens (including phenoxy) is 2. The van der Waals surface area contributed by atoms with Crippen molar-refractivity contribution in [2.75, 3.05) is 25.3 Å². The Morgan fingerprint density at radius 1 is 1.00 bits per heavy atom. The van der Waals surface area contributed by atoms with Gasteiger partial charge in [-0.25, -0.2) is 4.98 Å². The van der Waals surface area contributed by atoms with Gasteiger partial charge >= 0.3 is 0 Å². The number of carbonyl (C=O) groups excluding carboxylic acids is 1. The predicted molar refractivity (Wildman–Crippen MR) is 150 cm³/mol. The van der Waals surface area contributed by atoms with Gasteiger partial charge in [-0.1, -0.05) is 53.7 Å². The monoisotopic (exact) mass is 540 g/mol. The largest absolute Gasteiger partial charge is 0.497 e. The van der Waals surface area contributed by atoms with E-state index >= 15 is 0 Å². The number of nitro groups is 1. The number of rotatable bonds is 9. The van der Waals surface area contributed by atoms with Crippen molar-refractivity contribution < 1.29 is 19.2 Å². The van der Waals surface area contributed by atoms with Gasteiger partial charge in [-0.2, -0.15) is 5.26 Å². The molecule has 0 fully saturated rings. The number of anilines is 1. The maximum atomic E-state index is 12.8. The molecule has 4 aromatic rings. The molecule has 1 heterocycles. The molecule has 0 saturated carbocycles. The maximum absolute atomic E-state index is 12.8. The molecule has 4 rings (SSSR count). The van der Waals surface area contributed by atoms with Gasteiger partial charge in [-0.3, -0.25) is 14.9 Å². The molecule has 0 aliphatic rings. The van der Waals surface area contributed by atoms with Crippen molar-refractivity contribution >= 4 is 29.0 Å². The molecule has 0 atom stereocenters. The average Bonchev–Trinajstić information content (AvgIpc) is 2.96. The molecule has 3 aromatic carbocycles. The molecule has 0 spiro atoms. The van der Waals surface area contributed by atoms with Crippen LogP contribution in [0.4, 0.5) is 11.4 Å². The Bertz CT molecular complexity index is 1560. The van der Waals surface area contributed by atoms with E-state index in [1.807, 2.05) is 61.5 Å². The molecule has 0 radical (unpaired) electrons. The molecule has 1 N–H and O–H groups in total. The molecule has 0 aliphatic heterocycles. The molecule has 0 aliphatic carbocycles. The highest BCUT2D eigenvalue weighted by molar-refractivity contribution is 8.00. The van der Waals surface area contributed by atoms with Crippen LogP contribution in [0.5, 0.6) is 11.5 Å². The van der Waals surface area contributed by atoms with Crippen molar-refractivity contribution in [2.24, 2.45) is 0 Å². The van der Waals surface area contributed by atoms with Gasteiger partial charge in [-0.15, -0.1) is 0 Å². The average molecular weight is 541 g/mol. The smallest absolute Gasteiger partial charge is 0.296 e. The number of aryl methyl sites for hydroxylation is 1. The Hall–Kier alpha value is -4.88. The van der Waals surface area contributed by atoms with Crippen LogP contribution in [-0.4, -0.2) is 35.8 Å². The molecule has 0 unspecified atom stereocenters. The Morgan fingerprint density at radius 3 is 2.26 bits per heavy atom. The van der Waals surface area contributed by atoms with Gasteiger partial charge in [-0.05, 0) is 42.8 Å². The van der Waals surface area contributed by atoms with Crippen molar-refractivity contribution in [2.45, 2.75) is 11.9 Å². The van der Waals surface area contributed by atoms with Crippen molar-refractivity contribution in [3.63, 3.8) is 0 Å². The SMILES string of the molecule is COc1ccc(-c2cc(-c3ccc(C)cc3)nc(SCC(=O)Nc3ccc(OC)cc3[N+](=O)[O-])c2C#N)cc1. The summed E-state index contributed by atoms with van der Waals surface area (Å²) in [6, 6.07) is 23.5. The van der Waals surface area contributed by atoms with E-state index in [1.165, 1.54) is 25.3 Å². The number of carbonyl (C=O) groups is 1. The van der Waals surface area contributed by atoms with E-state index in [1.54, 1.807) is 7.11 Å². The van der Waals surface area contributed by atoms with Crippen LogP contribution in [0.2, 0.25) is 0 Å². The second kappa shape index (κ2) is 12.1. The van der Waals surface area contributed by atoms with Crippen molar-refractivity contribution in [3.8, 4) is 40.0 Å². The minimum atomic E-state index is -0.590. The van der Waals surface area contributed by atoms with E-state index < -0.39 is 10.8 Å². The van der Waals surface area contributed by atoms with Gasteiger partial charge in [0.25, 0.3) is 5.69 Å². The standard InChI is InChI=1S/C29H24N4O5S/c1-18-4-6-20(7-5-18)26-15-23(19-8-10-21(37-2)11-9-19)24(16-30)29(32-26)39-17-28(34)31-25-13-12-22(38-3)14-27(25)33(35)36/h4-15H,17H2,1-3H3,(H,31,34). The second-order valence-electron chi connectivity index (χ2n) is 8.42. The fourth-order valence-corrected chi connectivity index (χ4v) is 4.62. The molecular weight excluding hydrogens is 516 g/mol. The molecule has 1 aromatic heterocycles. The third kappa shape index (κ3) is 6.34. The Morgan fingerprint density at radius 2 is 1.64 bits per heavy atom. The number of nitriles is 1. The highest BCUT2D eigenvalue weighted by Gasteiger charge is 2.20. The summed E-state index contributed by atoms with van der Waals surface area (Å²) in [6.07, 6.45) is 0. The zero-order chi connectivity index (χ0) is 27.9. The Balaban J connectivity index is 1.68. The number of aromatic nitrogens is 1. The molecule has 1 amide bonds. The summed E-state index contributed by atoms with van der Waals surface area (Å²) < 4.78 is 10.3. The summed E-state index contributed by atoms with van der Waals surface area (Å²) >= 11 is 1.08. The van der Waals surface area contributed by atoms with E-state index in [2.05, 4.69) is 11.4 Å². The lowest BCUT2D eigenvalue weighted by molar-refractivity contribution is -0.384. The van der Waals surface area contributed by atoms with Crippen LogP contribution >= 0.6 is 11.8 Å². The highest BCUT2D eigenvalue weighted by Crippen LogP contribution is 2.35. The molecular formula is C29H24N4O5S.